The molecule has 0 spiro atoms. The maximum absolute atomic E-state index is 12.0. The Labute approximate surface area is 172 Å². The summed E-state index contributed by atoms with van der Waals surface area (Å²) in [6.45, 7) is 3.59. The Kier molecular flexibility index (Phi) is 9.91. The van der Waals surface area contributed by atoms with Crippen molar-refractivity contribution in [3.05, 3.63) is 64.1 Å². The summed E-state index contributed by atoms with van der Waals surface area (Å²) in [4.78, 5) is 32.4. The predicted molar refractivity (Wildman–Crippen MR) is 110 cm³/mol. The first-order valence-corrected chi connectivity index (χ1v) is 9.23. The molecule has 0 atom stereocenters. The molecule has 0 aliphatic heterocycles. The van der Waals surface area contributed by atoms with Crippen molar-refractivity contribution in [1.82, 2.24) is 4.90 Å². The lowest BCUT2D eigenvalue weighted by Gasteiger charge is -2.16. The lowest BCUT2D eigenvalue weighted by Crippen LogP contribution is -2.24. The van der Waals surface area contributed by atoms with Gasteiger partial charge < -0.3 is 20.4 Å². The van der Waals surface area contributed by atoms with E-state index in [1.54, 1.807) is 0 Å². The van der Waals surface area contributed by atoms with E-state index in [0.29, 0.717) is 6.42 Å². The highest BCUT2D eigenvalue weighted by Crippen LogP contribution is 2.20. The number of benzene rings is 2. The number of aryl methyl sites for hydroxylation is 1. The number of amides is 1. The van der Waals surface area contributed by atoms with E-state index >= 15 is 0 Å². The van der Waals surface area contributed by atoms with Crippen molar-refractivity contribution in [2.45, 2.75) is 19.9 Å². The Balaban J connectivity index is 0.000000568. The van der Waals surface area contributed by atoms with Gasteiger partial charge in [-0.2, -0.15) is 0 Å². The topological polar surface area (TPSA) is 107 Å². The number of hydrogen-bond donors (Lipinski definition) is 3. The second-order valence-corrected chi connectivity index (χ2v) is 6.95. The fraction of sp³-hybridized carbons (Fsp3) is 0.250. The minimum atomic E-state index is -1.82. The third-order valence-electron chi connectivity index (χ3n) is 3.64. The lowest BCUT2D eigenvalue weighted by molar-refractivity contribution is -0.159. The summed E-state index contributed by atoms with van der Waals surface area (Å²) in [5.74, 6) is -3.60. The summed E-state index contributed by atoms with van der Waals surface area (Å²) in [7, 11) is 2.03. The van der Waals surface area contributed by atoms with E-state index < -0.39 is 11.9 Å². The highest BCUT2D eigenvalue weighted by atomic mass is 79.9. The lowest BCUT2D eigenvalue weighted by atomic mass is 10.2. The Morgan fingerprint density at radius 3 is 2.18 bits per heavy atom. The zero-order chi connectivity index (χ0) is 21.1. The average Bonchev–Trinajstić information content (AvgIpc) is 2.64. The average molecular weight is 451 g/mol. The van der Waals surface area contributed by atoms with Gasteiger partial charge in [-0.05, 0) is 43.3 Å². The number of anilines is 1. The first-order valence-electron chi connectivity index (χ1n) is 8.43. The molecule has 0 saturated heterocycles. The molecule has 0 aromatic heterocycles. The molecule has 2 rings (SSSR count). The van der Waals surface area contributed by atoms with Crippen LogP contribution in [0.4, 0.5) is 5.69 Å². The van der Waals surface area contributed by atoms with Gasteiger partial charge in [0.25, 0.3) is 0 Å². The van der Waals surface area contributed by atoms with Crippen LogP contribution < -0.4 is 5.32 Å². The molecule has 7 nitrogen and oxygen atoms in total. The van der Waals surface area contributed by atoms with E-state index in [2.05, 4.69) is 38.3 Å². The molecule has 0 heterocycles. The third kappa shape index (κ3) is 9.29. The molecule has 8 heteroatoms. The van der Waals surface area contributed by atoms with E-state index in [-0.39, 0.29) is 5.91 Å². The van der Waals surface area contributed by atoms with Crippen LogP contribution in [0.5, 0.6) is 0 Å². The fourth-order valence-corrected chi connectivity index (χ4v) is 2.46. The van der Waals surface area contributed by atoms with Crippen LogP contribution in [-0.2, 0) is 20.9 Å². The Hall–Kier alpha value is -2.71. The third-order valence-corrected chi connectivity index (χ3v) is 4.53. The largest absolute Gasteiger partial charge is 0.473 e. The van der Waals surface area contributed by atoms with E-state index in [1.165, 1.54) is 5.56 Å². The zero-order valence-electron chi connectivity index (χ0n) is 15.7. The smallest absolute Gasteiger partial charge is 0.414 e. The van der Waals surface area contributed by atoms with Gasteiger partial charge in [0, 0.05) is 29.7 Å². The van der Waals surface area contributed by atoms with Crippen LogP contribution in [0, 0.1) is 6.92 Å². The number of carbonyl (C=O) groups is 3. The Morgan fingerprint density at radius 1 is 1.04 bits per heavy atom. The van der Waals surface area contributed by atoms with E-state index in [9.17, 15) is 4.79 Å². The van der Waals surface area contributed by atoms with Crippen molar-refractivity contribution >= 4 is 39.5 Å². The quantitative estimate of drug-likeness (QED) is 0.582. The summed E-state index contributed by atoms with van der Waals surface area (Å²) < 4.78 is 1.05. The number of carbonyl (C=O) groups excluding carboxylic acids is 1. The molecule has 2 aromatic rings. The molecule has 0 bridgehead atoms. The zero-order valence-corrected chi connectivity index (χ0v) is 17.3. The fourth-order valence-electron chi connectivity index (χ4n) is 2.21. The molecule has 0 saturated carbocycles. The van der Waals surface area contributed by atoms with E-state index in [1.807, 2.05) is 50.4 Å². The highest BCUT2D eigenvalue weighted by Gasteiger charge is 2.07. The maximum Gasteiger partial charge on any atom is 0.414 e. The standard InChI is InChI=1S/C18H21BrN2O.C2H2O4/c1-14-12-16(8-9-17(14)19)20-18(22)10-11-21(2)13-15-6-4-3-5-7-15;3-1(4)2(5)6/h3-9,12H,10-11,13H2,1-2H3,(H,20,22);(H,3,4)(H,5,6). The Bertz CT molecular complexity index is 799. The second-order valence-electron chi connectivity index (χ2n) is 6.10. The predicted octanol–water partition coefficient (Wildman–Crippen LogP) is 3.37. The summed E-state index contributed by atoms with van der Waals surface area (Å²) in [6.07, 6.45) is 0.485. The first kappa shape index (κ1) is 23.3. The van der Waals surface area contributed by atoms with Gasteiger partial charge in [0.15, 0.2) is 0 Å². The van der Waals surface area contributed by atoms with Crippen LogP contribution in [0.15, 0.2) is 53.0 Å². The summed E-state index contributed by atoms with van der Waals surface area (Å²) in [5.41, 5.74) is 3.21. The first-order chi connectivity index (χ1) is 13.2. The van der Waals surface area contributed by atoms with Crippen LogP contribution in [0.1, 0.15) is 17.5 Å². The highest BCUT2D eigenvalue weighted by molar-refractivity contribution is 9.10. The summed E-state index contributed by atoms with van der Waals surface area (Å²) >= 11 is 3.46. The molecule has 28 heavy (non-hydrogen) atoms. The molecule has 0 unspecified atom stereocenters. The molecule has 150 valence electrons. The van der Waals surface area contributed by atoms with Gasteiger partial charge in [0.2, 0.25) is 5.91 Å². The van der Waals surface area contributed by atoms with Crippen molar-refractivity contribution in [3.8, 4) is 0 Å². The number of hydrogen-bond acceptors (Lipinski definition) is 4. The van der Waals surface area contributed by atoms with Gasteiger partial charge in [-0.15, -0.1) is 0 Å². The minimum absolute atomic E-state index is 0.0432. The van der Waals surface area contributed by atoms with Crippen molar-refractivity contribution in [2.75, 3.05) is 18.9 Å². The summed E-state index contributed by atoms with van der Waals surface area (Å²) in [5, 5.41) is 17.7. The molecule has 0 aliphatic carbocycles. The SMILES string of the molecule is Cc1cc(NC(=O)CCN(C)Cc2ccccc2)ccc1Br.O=C(O)C(=O)O. The van der Waals surface area contributed by atoms with Crippen LogP contribution in [-0.4, -0.2) is 46.6 Å². The molecule has 1 amide bonds. The van der Waals surface area contributed by atoms with Gasteiger partial charge in [-0.1, -0.05) is 46.3 Å². The van der Waals surface area contributed by atoms with Gasteiger partial charge in [-0.3, -0.25) is 4.79 Å². The number of nitrogens with one attached hydrogen (secondary N) is 1. The maximum atomic E-state index is 12.0. The molecular weight excluding hydrogens is 428 g/mol. The molecule has 0 fully saturated rings. The molecule has 0 radical (unpaired) electrons. The van der Waals surface area contributed by atoms with Crippen LogP contribution >= 0.6 is 15.9 Å². The number of rotatable bonds is 6. The molecular formula is C20H23BrN2O5. The van der Waals surface area contributed by atoms with Crippen LogP contribution in [0.25, 0.3) is 0 Å². The Morgan fingerprint density at radius 2 is 1.64 bits per heavy atom. The number of carboxylic acids is 2. The van der Waals surface area contributed by atoms with Crippen molar-refractivity contribution < 1.29 is 24.6 Å². The van der Waals surface area contributed by atoms with Gasteiger partial charge in [-0.25, -0.2) is 9.59 Å². The second kappa shape index (κ2) is 11.9. The van der Waals surface area contributed by atoms with Crippen molar-refractivity contribution in [3.63, 3.8) is 0 Å². The number of halogens is 1. The van der Waals surface area contributed by atoms with Gasteiger partial charge in [0.1, 0.15) is 0 Å². The minimum Gasteiger partial charge on any atom is -0.473 e. The molecule has 3 N–H and O–H groups in total. The van der Waals surface area contributed by atoms with Crippen LogP contribution in [0.3, 0.4) is 0 Å². The number of carboxylic acid groups (broad SMARTS) is 2. The van der Waals surface area contributed by atoms with Crippen LogP contribution in [0.2, 0.25) is 0 Å². The van der Waals surface area contributed by atoms with Crippen molar-refractivity contribution in [2.24, 2.45) is 0 Å². The van der Waals surface area contributed by atoms with Crippen molar-refractivity contribution in [1.29, 1.82) is 0 Å². The normalized spacial score (nSPS) is 10.0. The van der Waals surface area contributed by atoms with Gasteiger partial charge in [0.05, 0.1) is 0 Å². The van der Waals surface area contributed by atoms with Gasteiger partial charge >= 0.3 is 11.9 Å². The summed E-state index contributed by atoms with van der Waals surface area (Å²) in [6, 6.07) is 16.1. The number of nitrogens with zero attached hydrogens (tertiary/aromatic N) is 1. The molecule has 0 aliphatic rings. The number of aliphatic carboxylic acids is 2. The van der Waals surface area contributed by atoms with E-state index in [4.69, 9.17) is 19.8 Å². The van der Waals surface area contributed by atoms with E-state index in [0.717, 1.165) is 28.8 Å². The molecule has 2 aromatic carbocycles. The monoisotopic (exact) mass is 450 g/mol.